The highest BCUT2D eigenvalue weighted by molar-refractivity contribution is 7.15. The summed E-state index contributed by atoms with van der Waals surface area (Å²) in [5.74, 6) is 0.119. The summed E-state index contributed by atoms with van der Waals surface area (Å²) in [6, 6.07) is 0.604. The number of imidazole rings is 1. The van der Waals surface area contributed by atoms with E-state index in [1.54, 1.807) is 11.3 Å². The van der Waals surface area contributed by atoms with Crippen LogP contribution >= 0.6 is 11.3 Å². The zero-order valence-electron chi connectivity index (χ0n) is 15.1. The molecule has 2 aliphatic rings. The van der Waals surface area contributed by atoms with Crippen molar-refractivity contribution in [3.63, 3.8) is 0 Å². The van der Waals surface area contributed by atoms with E-state index in [0.29, 0.717) is 11.7 Å². The molecule has 6 nitrogen and oxygen atoms in total. The minimum atomic E-state index is 0.119. The Labute approximate surface area is 153 Å². The second-order valence-corrected chi connectivity index (χ2v) is 8.33. The van der Waals surface area contributed by atoms with Crippen molar-refractivity contribution in [3.8, 4) is 0 Å². The summed E-state index contributed by atoms with van der Waals surface area (Å²) in [4.78, 5) is 25.4. The van der Waals surface area contributed by atoms with E-state index < -0.39 is 0 Å². The SMILES string of the molecule is CN(C)C1CCN(Cc2c(C(=O)N3CCCCC3)nc3sccn23)C1. The molecule has 4 rings (SSSR count). The van der Waals surface area contributed by atoms with Gasteiger partial charge in [0.25, 0.3) is 5.91 Å². The fraction of sp³-hybridized carbons (Fsp3) is 0.667. The maximum absolute atomic E-state index is 13.1. The number of carbonyl (C=O) groups is 1. The molecule has 1 amide bonds. The van der Waals surface area contributed by atoms with Gasteiger partial charge in [0.15, 0.2) is 10.7 Å². The monoisotopic (exact) mass is 361 g/mol. The number of likely N-dealkylation sites (tertiary alicyclic amines) is 2. The van der Waals surface area contributed by atoms with Crippen LogP contribution in [0.4, 0.5) is 0 Å². The fourth-order valence-electron chi connectivity index (χ4n) is 3.99. The molecule has 0 aromatic carbocycles. The van der Waals surface area contributed by atoms with Gasteiger partial charge in [0.2, 0.25) is 0 Å². The van der Waals surface area contributed by atoms with Gasteiger partial charge < -0.3 is 9.80 Å². The van der Waals surface area contributed by atoms with Gasteiger partial charge in [-0.25, -0.2) is 4.98 Å². The first kappa shape index (κ1) is 17.0. The van der Waals surface area contributed by atoms with E-state index >= 15 is 0 Å². The highest BCUT2D eigenvalue weighted by Gasteiger charge is 2.29. The van der Waals surface area contributed by atoms with Gasteiger partial charge in [0, 0.05) is 50.3 Å². The first-order valence-electron chi connectivity index (χ1n) is 9.26. The Morgan fingerprint density at radius 2 is 2.08 bits per heavy atom. The van der Waals surface area contributed by atoms with Crippen molar-refractivity contribution in [1.82, 2.24) is 24.1 Å². The topological polar surface area (TPSA) is 44.1 Å². The zero-order valence-corrected chi connectivity index (χ0v) is 16.0. The molecule has 0 spiro atoms. The largest absolute Gasteiger partial charge is 0.337 e. The standard InChI is InChI=1S/C18H27N5OS/c1-20(2)14-6-9-21(12-14)13-15-16(19-18-23(15)10-11-25-18)17(24)22-7-4-3-5-8-22/h10-11,14H,3-9,12-13H2,1-2H3. The molecule has 2 aromatic heterocycles. The van der Waals surface area contributed by atoms with Gasteiger partial charge in [0.1, 0.15) is 0 Å². The highest BCUT2D eigenvalue weighted by Crippen LogP contribution is 2.24. The molecule has 2 saturated heterocycles. The number of hydrogen-bond acceptors (Lipinski definition) is 5. The Balaban J connectivity index is 1.58. The molecule has 0 radical (unpaired) electrons. The van der Waals surface area contributed by atoms with Gasteiger partial charge in [-0.1, -0.05) is 0 Å². The lowest BCUT2D eigenvalue weighted by atomic mass is 10.1. The first-order chi connectivity index (χ1) is 12.1. The molecule has 1 unspecified atom stereocenters. The van der Waals surface area contributed by atoms with E-state index in [2.05, 4.69) is 34.5 Å². The van der Waals surface area contributed by atoms with Gasteiger partial charge in [-0.15, -0.1) is 11.3 Å². The van der Waals surface area contributed by atoms with Crippen molar-refractivity contribution in [2.75, 3.05) is 40.3 Å². The van der Waals surface area contributed by atoms with Crippen LogP contribution in [0, 0.1) is 0 Å². The third-order valence-electron chi connectivity index (χ3n) is 5.56. The number of rotatable bonds is 4. The number of thiazole rings is 1. The lowest BCUT2D eigenvalue weighted by Gasteiger charge is -2.26. The highest BCUT2D eigenvalue weighted by atomic mass is 32.1. The quantitative estimate of drug-likeness (QED) is 0.837. The van der Waals surface area contributed by atoms with E-state index in [9.17, 15) is 4.79 Å². The summed E-state index contributed by atoms with van der Waals surface area (Å²) in [6.07, 6.45) is 6.69. The molecule has 4 heterocycles. The molecule has 136 valence electrons. The molecular weight excluding hydrogens is 334 g/mol. The summed E-state index contributed by atoms with van der Waals surface area (Å²) >= 11 is 1.60. The third-order valence-corrected chi connectivity index (χ3v) is 6.31. The molecule has 0 saturated carbocycles. The smallest absolute Gasteiger partial charge is 0.274 e. The Hall–Kier alpha value is -1.44. The normalized spacial score (nSPS) is 22.4. The molecule has 25 heavy (non-hydrogen) atoms. The van der Waals surface area contributed by atoms with Gasteiger partial charge in [-0.3, -0.25) is 14.1 Å². The Kier molecular flexibility index (Phi) is 4.80. The average Bonchev–Trinajstić information content (AvgIpc) is 3.32. The van der Waals surface area contributed by atoms with Crippen LogP contribution in [0.1, 0.15) is 41.9 Å². The predicted octanol–water partition coefficient (Wildman–Crippen LogP) is 2.16. The van der Waals surface area contributed by atoms with Crippen LogP contribution in [-0.4, -0.2) is 76.3 Å². The number of carbonyl (C=O) groups excluding carboxylic acids is 1. The molecule has 0 aliphatic carbocycles. The van der Waals surface area contributed by atoms with Crippen LogP contribution in [-0.2, 0) is 6.54 Å². The number of fused-ring (bicyclic) bond motifs is 1. The lowest BCUT2D eigenvalue weighted by Crippen LogP contribution is -2.37. The molecule has 7 heteroatoms. The van der Waals surface area contributed by atoms with Crippen LogP contribution in [0.3, 0.4) is 0 Å². The van der Waals surface area contributed by atoms with Crippen molar-refractivity contribution < 1.29 is 4.79 Å². The summed E-state index contributed by atoms with van der Waals surface area (Å²) in [6.45, 7) is 4.68. The average molecular weight is 362 g/mol. The number of hydrogen-bond donors (Lipinski definition) is 0. The maximum Gasteiger partial charge on any atom is 0.274 e. The number of amides is 1. The minimum absolute atomic E-state index is 0.119. The van der Waals surface area contributed by atoms with Crippen LogP contribution in [0.2, 0.25) is 0 Å². The van der Waals surface area contributed by atoms with Gasteiger partial charge in [0.05, 0.1) is 5.69 Å². The molecule has 0 N–H and O–H groups in total. The number of aromatic nitrogens is 2. The molecule has 2 aliphatic heterocycles. The van der Waals surface area contributed by atoms with Gasteiger partial charge in [-0.2, -0.15) is 0 Å². The number of nitrogens with zero attached hydrogens (tertiary/aromatic N) is 5. The van der Waals surface area contributed by atoms with Crippen LogP contribution in [0.25, 0.3) is 4.96 Å². The molecule has 1 atom stereocenters. The van der Waals surface area contributed by atoms with E-state index in [1.165, 1.54) is 12.8 Å². The van der Waals surface area contributed by atoms with Crippen molar-refractivity contribution in [2.24, 2.45) is 0 Å². The van der Waals surface area contributed by atoms with Crippen molar-refractivity contribution in [3.05, 3.63) is 23.0 Å². The van der Waals surface area contributed by atoms with Crippen molar-refractivity contribution in [2.45, 2.75) is 38.3 Å². The van der Waals surface area contributed by atoms with E-state index in [4.69, 9.17) is 4.98 Å². The number of piperidine rings is 1. The predicted molar refractivity (Wildman–Crippen MR) is 100 cm³/mol. The maximum atomic E-state index is 13.1. The minimum Gasteiger partial charge on any atom is -0.337 e. The van der Waals surface area contributed by atoms with Crippen molar-refractivity contribution >= 4 is 22.2 Å². The van der Waals surface area contributed by atoms with E-state index in [1.807, 2.05) is 10.3 Å². The van der Waals surface area contributed by atoms with Gasteiger partial charge >= 0.3 is 0 Å². The van der Waals surface area contributed by atoms with Crippen molar-refractivity contribution in [1.29, 1.82) is 0 Å². The second-order valence-electron chi connectivity index (χ2n) is 7.46. The van der Waals surface area contributed by atoms with Crippen LogP contribution in [0.5, 0.6) is 0 Å². The first-order valence-corrected chi connectivity index (χ1v) is 10.1. The van der Waals surface area contributed by atoms with E-state index in [-0.39, 0.29) is 5.91 Å². The Morgan fingerprint density at radius 3 is 2.80 bits per heavy atom. The summed E-state index contributed by atoms with van der Waals surface area (Å²) in [7, 11) is 4.30. The second kappa shape index (κ2) is 7.05. The lowest BCUT2D eigenvalue weighted by molar-refractivity contribution is 0.0716. The fourth-order valence-corrected chi connectivity index (χ4v) is 4.72. The Bertz CT molecular complexity index is 746. The Morgan fingerprint density at radius 1 is 1.28 bits per heavy atom. The molecule has 2 fully saturated rings. The van der Waals surface area contributed by atoms with Crippen LogP contribution < -0.4 is 0 Å². The molecule has 0 bridgehead atoms. The third kappa shape index (κ3) is 3.32. The zero-order chi connectivity index (χ0) is 17.4. The number of likely N-dealkylation sites (N-methyl/N-ethyl adjacent to an activating group) is 1. The van der Waals surface area contributed by atoms with E-state index in [0.717, 1.165) is 56.2 Å². The summed E-state index contributed by atoms with van der Waals surface area (Å²) in [5.41, 5.74) is 1.73. The molecular formula is C18H27N5OS. The summed E-state index contributed by atoms with van der Waals surface area (Å²) < 4.78 is 2.12. The molecule has 2 aromatic rings. The summed E-state index contributed by atoms with van der Waals surface area (Å²) in [5, 5.41) is 2.05. The van der Waals surface area contributed by atoms with Gasteiger partial charge in [-0.05, 0) is 39.8 Å². The van der Waals surface area contributed by atoms with Crippen LogP contribution in [0.15, 0.2) is 11.6 Å².